The number of aryl methyl sites for hydroxylation is 2. The molecule has 0 unspecified atom stereocenters. The zero-order valence-corrected chi connectivity index (χ0v) is 15.3. The van der Waals surface area contributed by atoms with E-state index < -0.39 is 5.63 Å². The van der Waals surface area contributed by atoms with E-state index in [1.807, 2.05) is 0 Å². The number of benzene rings is 2. The molecule has 4 aromatic rings. The second-order valence-corrected chi connectivity index (χ2v) is 7.26. The molecule has 4 nitrogen and oxygen atoms in total. The lowest BCUT2D eigenvalue weighted by molar-refractivity contribution is 0.473. The van der Waals surface area contributed by atoms with E-state index in [0.29, 0.717) is 16.2 Å². The fraction of sp³-hybridized carbons (Fsp3) is 0.143. The van der Waals surface area contributed by atoms with Crippen molar-refractivity contribution in [2.24, 2.45) is 0 Å². The molecular weight excluding hydrogens is 346 g/mol. The minimum absolute atomic E-state index is 0.0672. The minimum atomic E-state index is -0.449. The van der Waals surface area contributed by atoms with Gasteiger partial charge in [0.1, 0.15) is 16.3 Å². The Morgan fingerprint density at radius 1 is 1.12 bits per heavy atom. The number of hydrogen-bond donors (Lipinski definition) is 1. The first-order valence-corrected chi connectivity index (χ1v) is 9.21. The molecule has 1 N–H and O–H groups in total. The quantitative estimate of drug-likeness (QED) is 0.511. The third-order valence-corrected chi connectivity index (χ3v) is 5.53. The van der Waals surface area contributed by atoms with Gasteiger partial charge in [0.25, 0.3) is 0 Å². The molecule has 0 saturated heterocycles. The summed E-state index contributed by atoms with van der Waals surface area (Å²) in [6.07, 6.45) is 0.841. The second kappa shape index (κ2) is 6.42. The highest BCUT2D eigenvalue weighted by Gasteiger charge is 2.17. The minimum Gasteiger partial charge on any atom is -0.508 e. The lowest BCUT2D eigenvalue weighted by atomic mass is 10.1. The molecule has 0 aliphatic rings. The molecule has 0 fully saturated rings. The first-order valence-electron chi connectivity index (χ1n) is 8.39. The summed E-state index contributed by atoms with van der Waals surface area (Å²) in [5.74, 6) is 0.0672. The van der Waals surface area contributed by atoms with Crippen molar-refractivity contribution in [1.82, 2.24) is 4.98 Å². The van der Waals surface area contributed by atoms with Crippen molar-refractivity contribution >= 4 is 22.3 Å². The van der Waals surface area contributed by atoms with Gasteiger partial charge in [-0.2, -0.15) is 0 Å². The average Bonchev–Trinajstić information content (AvgIpc) is 3.05. The van der Waals surface area contributed by atoms with Gasteiger partial charge in [0.2, 0.25) is 0 Å². The molecule has 26 heavy (non-hydrogen) atoms. The Balaban J connectivity index is 1.87. The molecule has 2 heterocycles. The fourth-order valence-electron chi connectivity index (χ4n) is 2.89. The van der Waals surface area contributed by atoms with Gasteiger partial charge in [0.15, 0.2) is 0 Å². The van der Waals surface area contributed by atoms with Crippen LogP contribution in [0.25, 0.3) is 32.8 Å². The third kappa shape index (κ3) is 2.91. The lowest BCUT2D eigenvalue weighted by Crippen LogP contribution is -2.02. The molecule has 130 valence electrons. The number of aromatic nitrogens is 1. The molecule has 0 spiro atoms. The maximum atomic E-state index is 12.5. The summed E-state index contributed by atoms with van der Waals surface area (Å²) in [5.41, 5.74) is 3.52. The van der Waals surface area contributed by atoms with Crippen LogP contribution in [-0.2, 0) is 6.42 Å². The number of rotatable bonds is 3. The van der Waals surface area contributed by atoms with Gasteiger partial charge in [-0.05, 0) is 31.5 Å². The van der Waals surface area contributed by atoms with E-state index in [2.05, 4.69) is 38.1 Å². The number of fused-ring (bicyclic) bond motifs is 1. The van der Waals surface area contributed by atoms with Crippen LogP contribution >= 0.6 is 11.3 Å². The largest absolute Gasteiger partial charge is 0.508 e. The Morgan fingerprint density at radius 2 is 1.88 bits per heavy atom. The predicted octanol–water partition coefficient (Wildman–Crippen LogP) is 5.16. The molecule has 0 atom stereocenters. The highest BCUT2D eigenvalue weighted by Crippen LogP contribution is 2.34. The molecule has 0 bridgehead atoms. The van der Waals surface area contributed by atoms with E-state index in [4.69, 9.17) is 9.40 Å². The van der Waals surface area contributed by atoms with Crippen LogP contribution in [0.3, 0.4) is 0 Å². The highest BCUT2D eigenvalue weighted by atomic mass is 32.1. The number of phenolic OH excluding ortho intramolecular Hbond substituents is 1. The van der Waals surface area contributed by atoms with Gasteiger partial charge in [-0.3, -0.25) is 0 Å². The zero-order valence-electron chi connectivity index (χ0n) is 14.4. The first-order chi connectivity index (χ1) is 12.5. The zero-order chi connectivity index (χ0) is 18.3. The number of phenols is 1. The topological polar surface area (TPSA) is 63.3 Å². The molecule has 5 heteroatoms. The van der Waals surface area contributed by atoms with Crippen LogP contribution in [0.2, 0.25) is 0 Å². The maximum absolute atomic E-state index is 12.5. The Bertz CT molecular complexity index is 1160. The number of nitrogens with zero attached hydrogens (tertiary/aromatic N) is 1. The van der Waals surface area contributed by atoms with Crippen molar-refractivity contribution in [3.8, 4) is 27.6 Å². The summed E-state index contributed by atoms with van der Waals surface area (Å²) in [4.78, 5) is 18.3. The van der Waals surface area contributed by atoms with Crippen LogP contribution in [0.1, 0.15) is 17.4 Å². The Kier molecular flexibility index (Phi) is 4.09. The summed E-state index contributed by atoms with van der Waals surface area (Å²) < 4.78 is 5.38. The van der Waals surface area contributed by atoms with Crippen molar-refractivity contribution in [1.29, 1.82) is 0 Å². The molecule has 0 radical (unpaired) electrons. The molecule has 0 aliphatic heterocycles. The van der Waals surface area contributed by atoms with Gasteiger partial charge in [0, 0.05) is 21.9 Å². The second-order valence-electron chi connectivity index (χ2n) is 6.18. The average molecular weight is 363 g/mol. The number of aromatic hydroxyl groups is 1. The van der Waals surface area contributed by atoms with Crippen LogP contribution < -0.4 is 5.63 Å². The van der Waals surface area contributed by atoms with E-state index in [1.54, 1.807) is 18.2 Å². The van der Waals surface area contributed by atoms with Gasteiger partial charge in [0.05, 0.1) is 11.3 Å². The van der Waals surface area contributed by atoms with Crippen LogP contribution in [0, 0.1) is 6.92 Å². The number of thiazole rings is 1. The number of hydrogen-bond acceptors (Lipinski definition) is 5. The third-order valence-electron chi connectivity index (χ3n) is 4.29. The van der Waals surface area contributed by atoms with Crippen LogP contribution in [0.15, 0.2) is 57.7 Å². The Labute approximate surface area is 154 Å². The smallest absolute Gasteiger partial charge is 0.346 e. The van der Waals surface area contributed by atoms with Gasteiger partial charge in [-0.25, -0.2) is 9.78 Å². The van der Waals surface area contributed by atoms with Gasteiger partial charge < -0.3 is 9.52 Å². The van der Waals surface area contributed by atoms with Gasteiger partial charge in [-0.15, -0.1) is 11.3 Å². The normalized spacial score (nSPS) is 11.2. The Hall–Kier alpha value is -2.92. The highest BCUT2D eigenvalue weighted by molar-refractivity contribution is 7.15. The first kappa shape index (κ1) is 16.5. The summed E-state index contributed by atoms with van der Waals surface area (Å²) in [7, 11) is 0. The molecule has 0 aliphatic carbocycles. The van der Waals surface area contributed by atoms with Crippen LogP contribution in [0.5, 0.6) is 5.75 Å². The van der Waals surface area contributed by atoms with Gasteiger partial charge >= 0.3 is 5.63 Å². The molecule has 0 saturated carbocycles. The van der Waals surface area contributed by atoms with Gasteiger partial charge in [-0.1, -0.05) is 36.8 Å². The van der Waals surface area contributed by atoms with E-state index in [1.165, 1.54) is 23.0 Å². The molecule has 2 aromatic carbocycles. The fourth-order valence-corrected chi connectivity index (χ4v) is 3.92. The summed E-state index contributed by atoms with van der Waals surface area (Å²) in [6, 6.07) is 14.7. The van der Waals surface area contributed by atoms with Crippen molar-refractivity contribution in [3.63, 3.8) is 0 Å². The van der Waals surface area contributed by atoms with E-state index >= 15 is 0 Å². The van der Waals surface area contributed by atoms with E-state index in [0.717, 1.165) is 27.9 Å². The van der Waals surface area contributed by atoms with Crippen molar-refractivity contribution in [2.45, 2.75) is 20.3 Å². The van der Waals surface area contributed by atoms with Crippen molar-refractivity contribution in [2.75, 3.05) is 0 Å². The summed E-state index contributed by atoms with van der Waals surface area (Å²) >= 11 is 1.52. The molecular formula is C21H17NO3S. The van der Waals surface area contributed by atoms with E-state index in [9.17, 15) is 9.90 Å². The summed E-state index contributed by atoms with van der Waals surface area (Å²) in [6.45, 7) is 4.13. The molecule has 0 amide bonds. The predicted molar refractivity (Wildman–Crippen MR) is 105 cm³/mol. The van der Waals surface area contributed by atoms with Crippen LogP contribution in [0.4, 0.5) is 0 Å². The standard InChI is InChI=1S/C21H17NO3S/c1-3-18-19(13-6-4-12(2)5-7-13)22-20(26-18)16-10-14-8-9-15(23)11-17(14)25-21(16)24/h4-11,23H,3H2,1-2H3. The SMILES string of the molecule is CCc1sc(-c2cc3ccc(O)cc3oc2=O)nc1-c1ccc(C)cc1. The monoisotopic (exact) mass is 363 g/mol. The van der Waals surface area contributed by atoms with E-state index in [-0.39, 0.29) is 5.75 Å². The maximum Gasteiger partial charge on any atom is 0.346 e. The van der Waals surface area contributed by atoms with Crippen LogP contribution in [-0.4, -0.2) is 10.1 Å². The summed E-state index contributed by atoms with van der Waals surface area (Å²) in [5, 5.41) is 11.0. The van der Waals surface area contributed by atoms with Crippen molar-refractivity contribution < 1.29 is 9.52 Å². The molecule has 2 aromatic heterocycles. The molecule has 4 rings (SSSR count). The lowest BCUT2D eigenvalue weighted by Gasteiger charge is -2.01. The van der Waals surface area contributed by atoms with Crippen molar-refractivity contribution in [3.05, 3.63) is 69.4 Å². The Morgan fingerprint density at radius 3 is 2.62 bits per heavy atom.